The van der Waals surface area contributed by atoms with E-state index in [4.69, 9.17) is 11.6 Å². The molecule has 0 aliphatic heterocycles. The van der Waals surface area contributed by atoms with Gasteiger partial charge in [-0.05, 0) is 6.07 Å². The standard InChI is InChI=1S/C7H6BClO/c8-7-5(4-10)2-1-3-6(7)9/h1-4H,8H2. The normalized spacial score (nSPS) is 9.30. The van der Waals surface area contributed by atoms with Gasteiger partial charge < -0.3 is 0 Å². The quantitative estimate of drug-likeness (QED) is 0.421. The summed E-state index contributed by atoms with van der Waals surface area (Å²) in [6.07, 6.45) is 0.807. The molecule has 50 valence electrons. The second-order valence-electron chi connectivity index (χ2n) is 2.07. The third-order valence-electron chi connectivity index (χ3n) is 1.44. The van der Waals surface area contributed by atoms with E-state index >= 15 is 0 Å². The summed E-state index contributed by atoms with van der Waals surface area (Å²) in [5.41, 5.74) is 1.51. The van der Waals surface area contributed by atoms with Crippen LogP contribution in [0.2, 0.25) is 5.02 Å². The van der Waals surface area contributed by atoms with E-state index in [1.54, 1.807) is 18.2 Å². The van der Waals surface area contributed by atoms with E-state index in [9.17, 15) is 4.79 Å². The van der Waals surface area contributed by atoms with Gasteiger partial charge in [0, 0.05) is 10.6 Å². The van der Waals surface area contributed by atoms with Gasteiger partial charge in [0.1, 0.15) is 14.1 Å². The van der Waals surface area contributed by atoms with Gasteiger partial charge in [-0.3, -0.25) is 4.79 Å². The van der Waals surface area contributed by atoms with Crippen molar-refractivity contribution in [2.45, 2.75) is 0 Å². The van der Waals surface area contributed by atoms with E-state index in [1.165, 1.54) is 0 Å². The van der Waals surface area contributed by atoms with Crippen LogP contribution in [-0.2, 0) is 0 Å². The average Bonchev–Trinajstić information content (AvgIpc) is 1.95. The van der Waals surface area contributed by atoms with Crippen molar-refractivity contribution < 1.29 is 4.79 Å². The second kappa shape index (κ2) is 2.89. The molecule has 10 heavy (non-hydrogen) atoms. The molecule has 0 aliphatic rings. The number of carbonyl (C=O) groups is 1. The molecule has 1 nitrogen and oxygen atoms in total. The van der Waals surface area contributed by atoms with Crippen molar-refractivity contribution >= 4 is 31.2 Å². The molecule has 0 spiro atoms. The molecule has 0 heterocycles. The zero-order valence-electron chi connectivity index (χ0n) is 5.60. The molecule has 0 N–H and O–H groups in total. The van der Waals surface area contributed by atoms with Gasteiger partial charge in [-0.15, -0.1) is 0 Å². The van der Waals surface area contributed by atoms with Crippen molar-refractivity contribution in [3.8, 4) is 0 Å². The number of benzene rings is 1. The van der Waals surface area contributed by atoms with Crippen LogP contribution < -0.4 is 5.46 Å². The van der Waals surface area contributed by atoms with Crippen molar-refractivity contribution in [1.29, 1.82) is 0 Å². The molecule has 0 aromatic heterocycles. The molecule has 0 saturated carbocycles. The molecular formula is C7H6BClO. The summed E-state index contributed by atoms with van der Waals surface area (Å²) in [5, 5.41) is 0.643. The first-order valence-electron chi connectivity index (χ1n) is 2.96. The maximum absolute atomic E-state index is 10.3. The number of hydrogen-bond donors (Lipinski definition) is 0. The molecule has 0 unspecified atom stereocenters. The maximum atomic E-state index is 10.3. The van der Waals surface area contributed by atoms with Crippen molar-refractivity contribution in [2.75, 3.05) is 0 Å². The Hall–Kier alpha value is -0.755. The predicted octanol–water partition coefficient (Wildman–Crippen LogP) is 0.411. The Bertz CT molecular complexity index is 260. The lowest BCUT2D eigenvalue weighted by atomic mass is 9.91. The Morgan fingerprint density at radius 1 is 1.50 bits per heavy atom. The minimum absolute atomic E-state index is 0.643. The maximum Gasteiger partial charge on any atom is 0.149 e. The molecular weight excluding hydrogens is 146 g/mol. The summed E-state index contributed by atoms with van der Waals surface area (Å²) in [5.74, 6) is 0. The minimum Gasteiger partial charge on any atom is -0.298 e. The van der Waals surface area contributed by atoms with Gasteiger partial charge in [0.2, 0.25) is 0 Å². The highest BCUT2D eigenvalue weighted by molar-refractivity contribution is 6.46. The fourth-order valence-electron chi connectivity index (χ4n) is 0.752. The number of rotatable bonds is 1. The Balaban J connectivity index is 3.27. The SMILES string of the molecule is Bc1c(Cl)cccc1C=O. The summed E-state index contributed by atoms with van der Waals surface area (Å²) in [4.78, 5) is 10.3. The second-order valence-corrected chi connectivity index (χ2v) is 2.48. The van der Waals surface area contributed by atoms with Crippen LogP contribution in [0.5, 0.6) is 0 Å². The van der Waals surface area contributed by atoms with Gasteiger partial charge in [-0.1, -0.05) is 29.2 Å². The molecule has 0 amide bonds. The van der Waals surface area contributed by atoms with Crippen molar-refractivity contribution in [3.63, 3.8) is 0 Å². The average molecular weight is 152 g/mol. The fraction of sp³-hybridized carbons (Fsp3) is 0. The highest BCUT2D eigenvalue weighted by Gasteiger charge is 1.98. The van der Waals surface area contributed by atoms with Crippen LogP contribution in [0, 0.1) is 0 Å². The van der Waals surface area contributed by atoms with Crippen LogP contribution in [-0.4, -0.2) is 14.1 Å². The topological polar surface area (TPSA) is 17.1 Å². The largest absolute Gasteiger partial charge is 0.298 e. The highest BCUT2D eigenvalue weighted by Crippen LogP contribution is 2.04. The zero-order chi connectivity index (χ0) is 7.56. The lowest BCUT2D eigenvalue weighted by Gasteiger charge is -1.98. The lowest BCUT2D eigenvalue weighted by molar-refractivity contribution is 0.112. The molecule has 0 saturated heterocycles. The van der Waals surface area contributed by atoms with E-state index in [1.807, 2.05) is 7.85 Å². The molecule has 1 aromatic rings. The molecule has 1 aromatic carbocycles. The minimum atomic E-state index is 0.643. The van der Waals surface area contributed by atoms with E-state index < -0.39 is 0 Å². The summed E-state index contributed by atoms with van der Waals surface area (Å²) in [7, 11) is 1.83. The van der Waals surface area contributed by atoms with Crippen LogP contribution in [0.25, 0.3) is 0 Å². The molecule has 1 rings (SSSR count). The van der Waals surface area contributed by atoms with E-state index in [0.29, 0.717) is 10.6 Å². The van der Waals surface area contributed by atoms with Crippen LogP contribution in [0.15, 0.2) is 18.2 Å². The summed E-state index contributed by atoms with van der Waals surface area (Å²) in [6.45, 7) is 0. The number of aldehydes is 1. The Morgan fingerprint density at radius 2 is 2.20 bits per heavy atom. The molecule has 0 bridgehead atoms. The smallest absolute Gasteiger partial charge is 0.149 e. The van der Waals surface area contributed by atoms with Gasteiger partial charge in [0.05, 0.1) is 0 Å². The fourth-order valence-corrected chi connectivity index (χ4v) is 0.934. The molecule has 0 fully saturated rings. The summed E-state index contributed by atoms with van der Waals surface area (Å²) >= 11 is 5.73. The van der Waals surface area contributed by atoms with E-state index in [0.717, 1.165) is 11.7 Å². The zero-order valence-corrected chi connectivity index (χ0v) is 6.35. The van der Waals surface area contributed by atoms with Crippen molar-refractivity contribution in [2.24, 2.45) is 0 Å². The number of halogens is 1. The first kappa shape index (κ1) is 7.35. The van der Waals surface area contributed by atoms with Crippen LogP contribution >= 0.6 is 11.6 Å². The Morgan fingerprint density at radius 3 is 2.70 bits per heavy atom. The van der Waals surface area contributed by atoms with Crippen molar-refractivity contribution in [1.82, 2.24) is 0 Å². The molecule has 3 heteroatoms. The molecule has 0 radical (unpaired) electrons. The van der Waals surface area contributed by atoms with Gasteiger partial charge in [-0.25, -0.2) is 0 Å². The summed E-state index contributed by atoms with van der Waals surface area (Å²) < 4.78 is 0. The first-order chi connectivity index (χ1) is 4.75. The Kier molecular flexibility index (Phi) is 2.12. The Labute approximate surface area is 65.4 Å². The molecule has 0 atom stereocenters. The highest BCUT2D eigenvalue weighted by atomic mass is 35.5. The number of carbonyl (C=O) groups excluding carboxylic acids is 1. The van der Waals surface area contributed by atoms with Gasteiger partial charge in [-0.2, -0.15) is 0 Å². The van der Waals surface area contributed by atoms with E-state index in [-0.39, 0.29) is 0 Å². The van der Waals surface area contributed by atoms with E-state index in [2.05, 4.69) is 0 Å². The number of hydrogen-bond acceptors (Lipinski definition) is 1. The monoisotopic (exact) mass is 152 g/mol. The van der Waals surface area contributed by atoms with Crippen LogP contribution in [0.4, 0.5) is 0 Å². The van der Waals surface area contributed by atoms with Gasteiger partial charge in [0.25, 0.3) is 0 Å². The third-order valence-corrected chi connectivity index (χ3v) is 1.85. The van der Waals surface area contributed by atoms with Gasteiger partial charge in [0.15, 0.2) is 0 Å². The van der Waals surface area contributed by atoms with Crippen molar-refractivity contribution in [3.05, 3.63) is 28.8 Å². The molecule has 0 aliphatic carbocycles. The predicted molar refractivity (Wildman–Crippen MR) is 45.0 cm³/mol. The van der Waals surface area contributed by atoms with Gasteiger partial charge >= 0.3 is 0 Å². The lowest BCUT2D eigenvalue weighted by Crippen LogP contribution is -2.10. The van der Waals surface area contributed by atoms with Crippen LogP contribution in [0.1, 0.15) is 10.4 Å². The third kappa shape index (κ3) is 1.22. The summed E-state index contributed by atoms with van der Waals surface area (Å²) in [6, 6.07) is 5.27. The van der Waals surface area contributed by atoms with Crippen LogP contribution in [0.3, 0.4) is 0 Å². The first-order valence-corrected chi connectivity index (χ1v) is 3.34.